The Morgan fingerprint density at radius 2 is 1.95 bits per heavy atom. The maximum absolute atomic E-state index is 12.1. The number of carboxylic acid groups (broad SMARTS) is 2. The first-order valence-electron chi connectivity index (χ1n) is 6.75. The molecule has 1 aromatic rings. The lowest BCUT2D eigenvalue weighted by molar-refractivity contribution is -0.140. The molecule has 1 atom stereocenters. The highest BCUT2D eigenvalue weighted by Crippen LogP contribution is 2.11. The van der Waals surface area contributed by atoms with E-state index in [9.17, 15) is 14.4 Å². The van der Waals surface area contributed by atoms with Gasteiger partial charge < -0.3 is 20.1 Å². The van der Waals surface area contributed by atoms with Crippen LogP contribution in [0.3, 0.4) is 0 Å². The minimum absolute atomic E-state index is 0.0791. The summed E-state index contributed by atoms with van der Waals surface area (Å²) in [5, 5.41) is 20.1. The second kappa shape index (κ2) is 7.47. The molecule has 0 saturated heterocycles. The van der Waals surface area contributed by atoms with E-state index in [1.165, 1.54) is 0 Å². The van der Waals surface area contributed by atoms with E-state index in [0.29, 0.717) is 5.69 Å². The zero-order valence-corrected chi connectivity index (χ0v) is 12.1. The first-order valence-corrected chi connectivity index (χ1v) is 6.75. The van der Waals surface area contributed by atoms with E-state index in [1.54, 1.807) is 22.9 Å². The van der Waals surface area contributed by atoms with Gasteiger partial charge in [-0.05, 0) is 38.8 Å². The number of carboxylic acids is 2. The van der Waals surface area contributed by atoms with E-state index >= 15 is 0 Å². The molecule has 21 heavy (non-hydrogen) atoms. The molecule has 0 aromatic carbocycles. The lowest BCUT2D eigenvalue weighted by Gasteiger charge is -2.16. The second-order valence-corrected chi connectivity index (χ2v) is 5.04. The van der Waals surface area contributed by atoms with Gasteiger partial charge in [0.2, 0.25) is 0 Å². The molecule has 116 valence electrons. The van der Waals surface area contributed by atoms with Crippen LogP contribution in [-0.2, 0) is 9.59 Å². The van der Waals surface area contributed by atoms with Gasteiger partial charge in [-0.3, -0.25) is 9.59 Å². The van der Waals surface area contributed by atoms with Crippen LogP contribution < -0.4 is 5.32 Å². The molecule has 7 nitrogen and oxygen atoms in total. The summed E-state index contributed by atoms with van der Waals surface area (Å²) in [4.78, 5) is 33.7. The van der Waals surface area contributed by atoms with Gasteiger partial charge in [-0.1, -0.05) is 0 Å². The van der Waals surface area contributed by atoms with Crippen LogP contribution in [0.2, 0.25) is 0 Å². The van der Waals surface area contributed by atoms with Crippen LogP contribution in [0, 0.1) is 0 Å². The van der Waals surface area contributed by atoms with E-state index in [0.717, 1.165) is 0 Å². The molecule has 1 rings (SSSR count). The molecule has 1 amide bonds. The number of amides is 1. The minimum atomic E-state index is -1.17. The highest BCUT2D eigenvalue weighted by molar-refractivity contribution is 5.95. The molecule has 7 heteroatoms. The summed E-state index contributed by atoms with van der Waals surface area (Å²) in [6.07, 6.45) is 1.90. The van der Waals surface area contributed by atoms with Crippen LogP contribution in [0.4, 0.5) is 0 Å². The van der Waals surface area contributed by atoms with Gasteiger partial charge in [0.25, 0.3) is 5.91 Å². The number of aliphatic carboxylic acids is 2. The van der Waals surface area contributed by atoms with Crippen LogP contribution in [-0.4, -0.2) is 38.7 Å². The monoisotopic (exact) mass is 296 g/mol. The van der Waals surface area contributed by atoms with Gasteiger partial charge in [0, 0.05) is 18.7 Å². The van der Waals surface area contributed by atoms with E-state index in [1.807, 2.05) is 13.8 Å². The van der Waals surface area contributed by atoms with Gasteiger partial charge >= 0.3 is 11.9 Å². The van der Waals surface area contributed by atoms with Crippen LogP contribution >= 0.6 is 0 Å². The standard InChI is InChI=1S/C14H20N2O5/c1-9(2)16-8-4-6-11(16)13(19)15-10(14(20)21)5-3-7-12(17)18/h4,6,8-10H,3,5,7H2,1-2H3,(H,15,19)(H,17,18)(H,20,21)/t10-/m1/s1. The van der Waals surface area contributed by atoms with Crippen LogP contribution in [0.15, 0.2) is 18.3 Å². The summed E-state index contributed by atoms with van der Waals surface area (Å²) in [6, 6.07) is 2.32. The highest BCUT2D eigenvalue weighted by Gasteiger charge is 2.22. The Morgan fingerprint density at radius 3 is 2.48 bits per heavy atom. The molecule has 0 unspecified atom stereocenters. The molecule has 0 radical (unpaired) electrons. The van der Waals surface area contributed by atoms with Crippen molar-refractivity contribution in [3.05, 3.63) is 24.0 Å². The third-order valence-electron chi connectivity index (χ3n) is 3.05. The zero-order chi connectivity index (χ0) is 16.0. The lowest BCUT2D eigenvalue weighted by Crippen LogP contribution is -2.41. The lowest BCUT2D eigenvalue weighted by atomic mass is 10.1. The first-order chi connectivity index (χ1) is 9.82. The van der Waals surface area contributed by atoms with Crippen molar-refractivity contribution in [2.24, 2.45) is 0 Å². The molecule has 1 aromatic heterocycles. The molecule has 0 saturated carbocycles. The number of carbonyl (C=O) groups excluding carboxylic acids is 1. The highest BCUT2D eigenvalue weighted by atomic mass is 16.4. The summed E-state index contributed by atoms with van der Waals surface area (Å²) in [7, 11) is 0. The average Bonchev–Trinajstić information content (AvgIpc) is 2.86. The molecular weight excluding hydrogens is 276 g/mol. The molecule has 0 bridgehead atoms. The number of nitrogens with one attached hydrogen (secondary N) is 1. The topological polar surface area (TPSA) is 109 Å². The smallest absolute Gasteiger partial charge is 0.326 e. The fourth-order valence-corrected chi connectivity index (χ4v) is 1.98. The van der Waals surface area contributed by atoms with Crippen molar-refractivity contribution in [1.29, 1.82) is 0 Å². The van der Waals surface area contributed by atoms with Crippen molar-refractivity contribution in [3.63, 3.8) is 0 Å². The number of nitrogens with zero attached hydrogens (tertiary/aromatic N) is 1. The van der Waals surface area contributed by atoms with Crippen molar-refractivity contribution in [2.75, 3.05) is 0 Å². The Balaban J connectivity index is 2.70. The van der Waals surface area contributed by atoms with Crippen molar-refractivity contribution in [3.8, 4) is 0 Å². The maximum Gasteiger partial charge on any atom is 0.326 e. The van der Waals surface area contributed by atoms with Gasteiger partial charge in [0.1, 0.15) is 11.7 Å². The van der Waals surface area contributed by atoms with E-state index in [2.05, 4.69) is 5.32 Å². The van der Waals surface area contributed by atoms with Crippen LogP contribution in [0.1, 0.15) is 49.6 Å². The fraction of sp³-hybridized carbons (Fsp3) is 0.500. The zero-order valence-electron chi connectivity index (χ0n) is 12.1. The number of aromatic nitrogens is 1. The largest absolute Gasteiger partial charge is 0.481 e. The van der Waals surface area contributed by atoms with Crippen LogP contribution in [0.25, 0.3) is 0 Å². The molecule has 0 aliphatic heterocycles. The molecule has 1 heterocycles. The molecule has 0 aliphatic carbocycles. The van der Waals surface area contributed by atoms with Crippen LogP contribution in [0.5, 0.6) is 0 Å². The fourth-order valence-electron chi connectivity index (χ4n) is 1.98. The summed E-state index contributed by atoms with van der Waals surface area (Å²) in [5.74, 6) is -2.63. The Hall–Kier alpha value is -2.31. The number of hydrogen-bond acceptors (Lipinski definition) is 3. The predicted molar refractivity (Wildman–Crippen MR) is 75.2 cm³/mol. The van der Waals surface area contributed by atoms with Crippen molar-refractivity contribution >= 4 is 17.8 Å². The number of carbonyl (C=O) groups is 3. The van der Waals surface area contributed by atoms with E-state index < -0.39 is 23.9 Å². The molecule has 0 aliphatic rings. The molecule has 0 spiro atoms. The molecule has 3 N–H and O–H groups in total. The van der Waals surface area contributed by atoms with Crippen molar-refractivity contribution in [2.45, 2.75) is 45.2 Å². The van der Waals surface area contributed by atoms with Gasteiger partial charge in [-0.15, -0.1) is 0 Å². The van der Waals surface area contributed by atoms with E-state index in [4.69, 9.17) is 10.2 Å². The SMILES string of the molecule is CC(C)n1cccc1C(=O)N[C@H](CCCC(=O)O)C(=O)O. The Labute approximate surface area is 122 Å². The third kappa shape index (κ3) is 4.94. The summed E-state index contributed by atoms with van der Waals surface area (Å²) >= 11 is 0. The number of hydrogen-bond donors (Lipinski definition) is 3. The summed E-state index contributed by atoms with van der Waals surface area (Å²) in [6.45, 7) is 3.83. The van der Waals surface area contributed by atoms with Crippen molar-refractivity contribution < 1.29 is 24.6 Å². The Morgan fingerprint density at radius 1 is 1.29 bits per heavy atom. The van der Waals surface area contributed by atoms with Gasteiger partial charge in [-0.2, -0.15) is 0 Å². The van der Waals surface area contributed by atoms with Gasteiger partial charge in [0.05, 0.1) is 0 Å². The quantitative estimate of drug-likeness (QED) is 0.673. The van der Waals surface area contributed by atoms with Crippen molar-refractivity contribution in [1.82, 2.24) is 9.88 Å². The minimum Gasteiger partial charge on any atom is -0.481 e. The second-order valence-electron chi connectivity index (χ2n) is 5.04. The first kappa shape index (κ1) is 16.7. The van der Waals surface area contributed by atoms with Gasteiger partial charge in [-0.25, -0.2) is 4.79 Å². The summed E-state index contributed by atoms with van der Waals surface area (Å²) in [5.41, 5.74) is 0.384. The summed E-state index contributed by atoms with van der Waals surface area (Å²) < 4.78 is 1.74. The Kier molecular flexibility index (Phi) is 5.95. The normalized spacial score (nSPS) is 12.1. The predicted octanol–water partition coefficient (Wildman–Crippen LogP) is 1.51. The number of rotatable bonds is 8. The maximum atomic E-state index is 12.1. The average molecular weight is 296 g/mol. The van der Waals surface area contributed by atoms with E-state index in [-0.39, 0.29) is 25.3 Å². The van der Waals surface area contributed by atoms with Gasteiger partial charge in [0.15, 0.2) is 0 Å². The third-order valence-corrected chi connectivity index (χ3v) is 3.05. The molecule has 0 fully saturated rings. The Bertz CT molecular complexity index is 521. The molecular formula is C14H20N2O5.